The number of carbonyl (C=O) groups excluding carboxylic acids is 3. The van der Waals surface area contributed by atoms with Crippen LogP contribution in [-0.4, -0.2) is 46.3 Å². The molecule has 11 heteroatoms. The van der Waals surface area contributed by atoms with Crippen LogP contribution in [-0.2, 0) is 4.79 Å². The summed E-state index contributed by atoms with van der Waals surface area (Å²) < 4.78 is 9.64. The summed E-state index contributed by atoms with van der Waals surface area (Å²) in [5, 5.41) is 6.22. The molecule has 3 aromatic rings. The number of carbonyl (C=O) groups is 3. The Balaban J connectivity index is 1.51. The van der Waals surface area contributed by atoms with E-state index in [-0.39, 0.29) is 40.2 Å². The zero-order valence-corrected chi connectivity index (χ0v) is 24.7. The molecule has 1 atom stereocenters. The predicted molar refractivity (Wildman–Crippen MR) is 163 cm³/mol. The van der Waals surface area contributed by atoms with E-state index >= 15 is 0 Å². The van der Waals surface area contributed by atoms with Gasteiger partial charge in [-0.05, 0) is 79.2 Å². The smallest absolute Gasteiger partial charge is 0.273 e. The van der Waals surface area contributed by atoms with E-state index < -0.39 is 11.9 Å². The van der Waals surface area contributed by atoms with Crippen molar-refractivity contribution in [3.8, 4) is 5.75 Å². The van der Waals surface area contributed by atoms with Gasteiger partial charge in [0.1, 0.15) is 16.7 Å². The molecule has 0 saturated heterocycles. The van der Waals surface area contributed by atoms with Crippen molar-refractivity contribution in [2.24, 2.45) is 0 Å². The molecule has 222 valence electrons. The molecule has 42 heavy (non-hydrogen) atoms. The van der Waals surface area contributed by atoms with Crippen LogP contribution < -0.4 is 26.0 Å². The van der Waals surface area contributed by atoms with Crippen molar-refractivity contribution in [3.05, 3.63) is 64.9 Å². The average molecular weight is 591 g/mol. The Morgan fingerprint density at radius 3 is 2.10 bits per heavy atom. The van der Waals surface area contributed by atoms with Gasteiger partial charge in [-0.15, -0.1) is 0 Å². The van der Waals surface area contributed by atoms with Crippen molar-refractivity contribution in [3.63, 3.8) is 0 Å². The number of methoxy groups -OCH3 is 1. The molecule has 0 spiro atoms. The summed E-state index contributed by atoms with van der Waals surface area (Å²) in [5.74, 6) is -0.591. The van der Waals surface area contributed by atoms with Crippen molar-refractivity contribution in [1.82, 2.24) is 20.0 Å². The SMILES string of the molecule is COc1ccc(N(C(=O)c2snc(C(=O)NC3CCCCC3)c2N)C(C(=O)NC2CCCCC2)c2ccncc2)cc1. The fourth-order valence-electron chi connectivity index (χ4n) is 5.84. The number of amides is 3. The molecular formula is C31H38N6O4S. The van der Waals surface area contributed by atoms with E-state index in [1.165, 1.54) is 4.90 Å². The minimum absolute atomic E-state index is 0.0120. The second-order valence-electron chi connectivity index (χ2n) is 11.0. The van der Waals surface area contributed by atoms with Crippen LogP contribution in [0.5, 0.6) is 5.75 Å². The highest BCUT2D eigenvalue weighted by Crippen LogP contribution is 2.34. The molecule has 1 aromatic carbocycles. The van der Waals surface area contributed by atoms with Crippen molar-refractivity contribution < 1.29 is 19.1 Å². The maximum atomic E-state index is 14.4. The lowest BCUT2D eigenvalue weighted by Gasteiger charge is -2.33. The minimum Gasteiger partial charge on any atom is -0.497 e. The lowest BCUT2D eigenvalue weighted by molar-refractivity contribution is -0.123. The molecule has 2 aliphatic rings. The van der Waals surface area contributed by atoms with E-state index in [1.807, 2.05) is 0 Å². The first kappa shape index (κ1) is 29.5. The molecule has 4 N–H and O–H groups in total. The minimum atomic E-state index is -1.02. The van der Waals surface area contributed by atoms with Crippen molar-refractivity contribution in [2.75, 3.05) is 17.7 Å². The second-order valence-corrected chi connectivity index (χ2v) is 11.8. The number of ether oxygens (including phenoxy) is 1. The highest BCUT2D eigenvalue weighted by atomic mass is 32.1. The highest BCUT2D eigenvalue weighted by molar-refractivity contribution is 7.09. The molecule has 5 rings (SSSR count). The number of hydrogen-bond donors (Lipinski definition) is 3. The van der Waals surface area contributed by atoms with E-state index in [4.69, 9.17) is 10.5 Å². The van der Waals surface area contributed by atoms with E-state index in [2.05, 4.69) is 20.0 Å². The number of rotatable bonds is 9. The third-order valence-electron chi connectivity index (χ3n) is 8.13. The molecule has 0 bridgehead atoms. The van der Waals surface area contributed by atoms with Gasteiger partial charge in [-0.1, -0.05) is 38.5 Å². The average Bonchev–Trinajstić information content (AvgIpc) is 3.42. The lowest BCUT2D eigenvalue weighted by atomic mass is 9.94. The van der Waals surface area contributed by atoms with Crippen molar-refractivity contribution in [1.29, 1.82) is 0 Å². The van der Waals surface area contributed by atoms with Crippen molar-refractivity contribution in [2.45, 2.75) is 82.3 Å². The zero-order chi connectivity index (χ0) is 29.5. The van der Waals surface area contributed by atoms with Crippen LogP contribution in [0.3, 0.4) is 0 Å². The van der Waals surface area contributed by atoms with Crippen LogP contribution in [0.25, 0.3) is 0 Å². The summed E-state index contributed by atoms with van der Waals surface area (Å²) in [7, 11) is 1.56. The van der Waals surface area contributed by atoms with Gasteiger partial charge in [0.25, 0.3) is 11.8 Å². The Kier molecular flexibility index (Phi) is 9.68. The Hall–Kier alpha value is -3.99. The second kappa shape index (κ2) is 13.8. The Labute approximate surface area is 250 Å². The fourth-order valence-corrected chi connectivity index (χ4v) is 6.58. The van der Waals surface area contributed by atoms with Gasteiger partial charge < -0.3 is 21.1 Å². The number of nitrogens with two attached hydrogens (primary N) is 1. The summed E-state index contributed by atoms with van der Waals surface area (Å²) >= 11 is 0.869. The third-order valence-corrected chi connectivity index (χ3v) is 8.98. The quantitative estimate of drug-likeness (QED) is 0.318. The topological polar surface area (TPSA) is 140 Å². The summed E-state index contributed by atoms with van der Waals surface area (Å²) in [6.45, 7) is 0. The number of benzene rings is 1. The number of aromatic nitrogens is 2. The van der Waals surface area contributed by atoms with Gasteiger partial charge in [-0.25, -0.2) is 0 Å². The van der Waals surface area contributed by atoms with Gasteiger partial charge in [0.05, 0.1) is 12.8 Å². The summed E-state index contributed by atoms with van der Waals surface area (Å²) in [6.07, 6.45) is 13.4. The number of pyridine rings is 1. The van der Waals surface area contributed by atoms with E-state index in [9.17, 15) is 14.4 Å². The first-order chi connectivity index (χ1) is 20.5. The summed E-state index contributed by atoms with van der Waals surface area (Å²) in [6, 6.07) is 9.47. The largest absolute Gasteiger partial charge is 0.497 e. The molecule has 2 heterocycles. The maximum Gasteiger partial charge on any atom is 0.273 e. The number of hydrogen-bond acceptors (Lipinski definition) is 8. The number of nitrogen functional groups attached to an aromatic ring is 1. The molecule has 2 aromatic heterocycles. The van der Waals surface area contributed by atoms with Crippen LogP contribution in [0, 0.1) is 0 Å². The molecular weight excluding hydrogens is 552 g/mol. The number of nitrogens with one attached hydrogen (secondary N) is 2. The maximum absolute atomic E-state index is 14.4. The predicted octanol–water partition coefficient (Wildman–Crippen LogP) is 5.03. The molecule has 2 saturated carbocycles. The van der Waals surface area contributed by atoms with Crippen LogP contribution in [0.15, 0.2) is 48.8 Å². The van der Waals surface area contributed by atoms with Crippen LogP contribution in [0.4, 0.5) is 11.4 Å². The van der Waals surface area contributed by atoms with Gasteiger partial charge in [-0.3, -0.25) is 24.3 Å². The van der Waals surface area contributed by atoms with Crippen LogP contribution in [0.2, 0.25) is 0 Å². The molecule has 1 unspecified atom stereocenters. The Morgan fingerprint density at radius 2 is 1.50 bits per heavy atom. The van der Waals surface area contributed by atoms with E-state index in [0.29, 0.717) is 17.0 Å². The van der Waals surface area contributed by atoms with Gasteiger partial charge >= 0.3 is 0 Å². The molecule has 10 nitrogen and oxygen atoms in total. The molecule has 3 amide bonds. The molecule has 0 aliphatic heterocycles. The van der Waals surface area contributed by atoms with Gasteiger partial charge in [0.2, 0.25) is 5.91 Å². The van der Waals surface area contributed by atoms with E-state index in [1.54, 1.807) is 55.9 Å². The highest BCUT2D eigenvalue weighted by Gasteiger charge is 2.37. The normalized spacial score (nSPS) is 16.8. The van der Waals surface area contributed by atoms with Gasteiger partial charge in [0.15, 0.2) is 5.69 Å². The van der Waals surface area contributed by atoms with Crippen LogP contribution >= 0.6 is 11.5 Å². The number of anilines is 2. The number of nitrogens with zero attached hydrogens (tertiary/aromatic N) is 3. The summed E-state index contributed by atoms with van der Waals surface area (Å²) in [4.78, 5) is 47.2. The standard InChI is InChI=1S/C31H38N6O4S/c1-41-24-14-12-23(13-15-24)37(27(20-16-18-33-19-17-20)30(39)35-22-10-6-3-7-11-22)31(40)28-25(32)26(36-42-28)29(38)34-21-8-4-2-5-9-21/h12-19,21-22,27H,2-11,32H2,1H3,(H,34,38)(H,35,39). The van der Waals surface area contributed by atoms with Crippen molar-refractivity contribution >= 4 is 40.6 Å². The summed E-state index contributed by atoms with van der Waals surface area (Å²) in [5.41, 5.74) is 7.57. The van der Waals surface area contributed by atoms with E-state index in [0.717, 1.165) is 75.7 Å². The molecule has 2 aliphatic carbocycles. The lowest BCUT2D eigenvalue weighted by Crippen LogP contribution is -2.47. The van der Waals surface area contributed by atoms with Gasteiger partial charge in [-0.2, -0.15) is 4.37 Å². The Morgan fingerprint density at radius 1 is 0.905 bits per heavy atom. The molecule has 2 fully saturated rings. The molecule has 0 radical (unpaired) electrons. The zero-order valence-electron chi connectivity index (χ0n) is 23.9. The first-order valence-electron chi connectivity index (χ1n) is 14.7. The third kappa shape index (κ3) is 6.73. The Bertz CT molecular complexity index is 1370. The fraction of sp³-hybridized carbons (Fsp3) is 0.452. The first-order valence-corrected chi connectivity index (χ1v) is 15.5. The van der Waals surface area contributed by atoms with Gasteiger partial charge in [0, 0.05) is 30.2 Å². The van der Waals surface area contributed by atoms with Crippen LogP contribution in [0.1, 0.15) is 96.0 Å². The monoisotopic (exact) mass is 590 g/mol.